The molecule has 0 atom stereocenters. The van der Waals surface area contributed by atoms with Crippen LogP contribution in [-0.2, 0) is 5.88 Å². The Bertz CT molecular complexity index is 331. The van der Waals surface area contributed by atoms with Crippen LogP contribution < -0.4 is 4.74 Å². The van der Waals surface area contributed by atoms with Gasteiger partial charge in [-0.05, 0) is 24.8 Å². The third-order valence-electron chi connectivity index (χ3n) is 2.25. The largest absolute Gasteiger partial charge is 0.476 e. The van der Waals surface area contributed by atoms with Crippen molar-refractivity contribution in [1.29, 1.82) is 0 Å². The van der Waals surface area contributed by atoms with Gasteiger partial charge in [-0.2, -0.15) is 0 Å². The Morgan fingerprint density at radius 3 is 2.88 bits per heavy atom. The van der Waals surface area contributed by atoms with Crippen molar-refractivity contribution in [3.8, 4) is 5.88 Å². The minimum Gasteiger partial charge on any atom is -0.476 e. The molecule has 0 unspecified atom stereocenters. The van der Waals surface area contributed by atoms with E-state index in [1.54, 1.807) is 6.07 Å². The van der Waals surface area contributed by atoms with Crippen molar-refractivity contribution < 1.29 is 9.13 Å². The second kappa shape index (κ2) is 6.69. The lowest BCUT2D eigenvalue weighted by molar-refractivity contribution is 0.272. The molecule has 0 aliphatic rings. The van der Waals surface area contributed by atoms with Crippen LogP contribution in [0.1, 0.15) is 32.3 Å². The Morgan fingerprint density at radius 2 is 2.25 bits per heavy atom. The van der Waals surface area contributed by atoms with E-state index in [0.717, 1.165) is 12.8 Å². The molecule has 0 N–H and O–H groups in total. The third-order valence-corrected chi connectivity index (χ3v) is 2.53. The fraction of sp³-hybridized carbons (Fsp3) is 0.583. The molecule has 1 aromatic rings. The second-order valence-electron chi connectivity index (χ2n) is 4.11. The van der Waals surface area contributed by atoms with Crippen molar-refractivity contribution in [3.05, 3.63) is 23.6 Å². The molecule has 90 valence electrons. The molecule has 0 amide bonds. The average Bonchev–Trinajstić information content (AvgIpc) is 2.26. The molecule has 1 heterocycles. The maximum absolute atomic E-state index is 13.6. The minimum absolute atomic E-state index is 0.0573. The Kier molecular flexibility index (Phi) is 5.53. The Morgan fingerprint density at radius 1 is 1.50 bits per heavy atom. The zero-order valence-electron chi connectivity index (χ0n) is 9.67. The van der Waals surface area contributed by atoms with Crippen molar-refractivity contribution in [1.82, 2.24) is 4.98 Å². The van der Waals surface area contributed by atoms with Crippen molar-refractivity contribution in [2.24, 2.45) is 5.92 Å². The molecule has 0 aromatic carbocycles. The second-order valence-corrected chi connectivity index (χ2v) is 4.37. The lowest BCUT2D eigenvalue weighted by atomic mass is 10.1. The summed E-state index contributed by atoms with van der Waals surface area (Å²) in [6, 6.07) is 1.56. The van der Waals surface area contributed by atoms with Gasteiger partial charge in [0.15, 0.2) is 5.82 Å². The van der Waals surface area contributed by atoms with E-state index >= 15 is 0 Å². The van der Waals surface area contributed by atoms with Gasteiger partial charge in [0, 0.05) is 11.8 Å². The summed E-state index contributed by atoms with van der Waals surface area (Å²) in [6.07, 6.45) is 3.49. The van der Waals surface area contributed by atoms with Crippen molar-refractivity contribution in [2.75, 3.05) is 6.61 Å². The van der Waals surface area contributed by atoms with Crippen molar-refractivity contribution in [2.45, 2.75) is 32.6 Å². The van der Waals surface area contributed by atoms with Crippen LogP contribution in [0.15, 0.2) is 12.3 Å². The standard InChI is InChI=1S/C12H17ClFNO/c1-9(2)4-3-7-16-12-11(14)10(8-13)5-6-15-12/h5-6,9H,3-4,7-8H2,1-2H3. The summed E-state index contributed by atoms with van der Waals surface area (Å²) in [6.45, 7) is 4.79. The maximum atomic E-state index is 13.6. The fourth-order valence-corrected chi connectivity index (χ4v) is 1.53. The predicted molar refractivity (Wildman–Crippen MR) is 63.3 cm³/mol. The van der Waals surface area contributed by atoms with Crippen LogP contribution in [0, 0.1) is 11.7 Å². The van der Waals surface area contributed by atoms with E-state index in [9.17, 15) is 4.39 Å². The molecule has 0 bridgehead atoms. The first kappa shape index (κ1) is 13.2. The van der Waals surface area contributed by atoms with Gasteiger partial charge in [-0.1, -0.05) is 13.8 Å². The summed E-state index contributed by atoms with van der Waals surface area (Å²) in [5.74, 6) is 0.385. The molecule has 0 saturated carbocycles. The summed E-state index contributed by atoms with van der Waals surface area (Å²) >= 11 is 5.58. The summed E-state index contributed by atoms with van der Waals surface area (Å²) in [5, 5.41) is 0. The molecule has 0 aliphatic carbocycles. The van der Waals surface area contributed by atoms with Gasteiger partial charge < -0.3 is 4.74 Å². The summed E-state index contributed by atoms with van der Waals surface area (Å²) < 4.78 is 18.9. The van der Waals surface area contributed by atoms with Crippen LogP contribution in [0.4, 0.5) is 4.39 Å². The van der Waals surface area contributed by atoms with Crippen LogP contribution in [0.5, 0.6) is 5.88 Å². The van der Waals surface area contributed by atoms with Crippen LogP contribution in [0.3, 0.4) is 0 Å². The van der Waals surface area contributed by atoms with E-state index in [2.05, 4.69) is 18.8 Å². The van der Waals surface area contributed by atoms with Gasteiger partial charge >= 0.3 is 0 Å². The number of alkyl halides is 1. The number of pyridine rings is 1. The molecule has 16 heavy (non-hydrogen) atoms. The summed E-state index contributed by atoms with van der Waals surface area (Å²) in [4.78, 5) is 3.85. The van der Waals surface area contributed by atoms with E-state index in [1.807, 2.05) is 0 Å². The molecule has 4 heteroatoms. The maximum Gasteiger partial charge on any atom is 0.250 e. The molecule has 0 fully saturated rings. The number of hydrogen-bond donors (Lipinski definition) is 0. The van der Waals surface area contributed by atoms with Gasteiger partial charge in [0.25, 0.3) is 5.88 Å². The van der Waals surface area contributed by atoms with Gasteiger partial charge in [-0.3, -0.25) is 0 Å². The molecule has 1 rings (SSSR count). The number of halogens is 2. The summed E-state index contributed by atoms with van der Waals surface area (Å²) in [7, 11) is 0. The van der Waals surface area contributed by atoms with Crippen LogP contribution >= 0.6 is 11.6 Å². The number of nitrogens with zero attached hydrogens (tertiary/aromatic N) is 1. The number of aromatic nitrogens is 1. The predicted octanol–water partition coefficient (Wildman–Crippen LogP) is 3.77. The molecule has 0 spiro atoms. The quantitative estimate of drug-likeness (QED) is 0.562. The van der Waals surface area contributed by atoms with Crippen LogP contribution in [0.25, 0.3) is 0 Å². The highest BCUT2D eigenvalue weighted by atomic mass is 35.5. The highest BCUT2D eigenvalue weighted by Crippen LogP contribution is 2.19. The number of rotatable bonds is 6. The van der Waals surface area contributed by atoms with Crippen LogP contribution in [-0.4, -0.2) is 11.6 Å². The molecular weight excluding hydrogens is 229 g/mol. The smallest absolute Gasteiger partial charge is 0.250 e. The summed E-state index contributed by atoms with van der Waals surface area (Å²) in [5.41, 5.74) is 0.426. The third kappa shape index (κ3) is 3.97. The first-order valence-corrected chi connectivity index (χ1v) is 6.00. The van der Waals surface area contributed by atoms with Gasteiger partial charge in [-0.15, -0.1) is 11.6 Å². The van der Waals surface area contributed by atoms with E-state index < -0.39 is 5.82 Å². The van der Waals surface area contributed by atoms with E-state index in [1.165, 1.54) is 6.20 Å². The average molecular weight is 246 g/mol. The molecule has 0 aliphatic heterocycles. The highest BCUT2D eigenvalue weighted by molar-refractivity contribution is 6.17. The zero-order valence-corrected chi connectivity index (χ0v) is 10.4. The Labute approximate surface area is 101 Å². The molecule has 2 nitrogen and oxygen atoms in total. The van der Waals surface area contributed by atoms with Crippen molar-refractivity contribution >= 4 is 11.6 Å². The first-order chi connectivity index (χ1) is 7.65. The van der Waals surface area contributed by atoms with E-state index in [-0.39, 0.29) is 11.8 Å². The molecule has 0 saturated heterocycles. The normalized spacial score (nSPS) is 10.8. The highest BCUT2D eigenvalue weighted by Gasteiger charge is 2.09. The van der Waals surface area contributed by atoms with Gasteiger partial charge in [0.1, 0.15) is 0 Å². The number of ether oxygens (including phenoxy) is 1. The van der Waals surface area contributed by atoms with Gasteiger partial charge in [0.05, 0.1) is 12.5 Å². The molecular formula is C12H17ClFNO. The Hall–Kier alpha value is -0.830. The number of hydrogen-bond acceptors (Lipinski definition) is 2. The van der Waals surface area contributed by atoms with Crippen molar-refractivity contribution in [3.63, 3.8) is 0 Å². The SMILES string of the molecule is CC(C)CCCOc1nccc(CCl)c1F. The first-order valence-electron chi connectivity index (χ1n) is 5.47. The fourth-order valence-electron chi connectivity index (χ4n) is 1.33. The lowest BCUT2D eigenvalue weighted by Gasteiger charge is -2.08. The topological polar surface area (TPSA) is 22.1 Å². The zero-order chi connectivity index (χ0) is 12.0. The molecule has 1 aromatic heterocycles. The molecule has 0 radical (unpaired) electrons. The van der Waals surface area contributed by atoms with E-state index in [0.29, 0.717) is 18.1 Å². The Balaban J connectivity index is 2.47. The van der Waals surface area contributed by atoms with Gasteiger partial charge in [-0.25, -0.2) is 9.37 Å². The minimum atomic E-state index is -0.443. The lowest BCUT2D eigenvalue weighted by Crippen LogP contribution is -2.04. The van der Waals surface area contributed by atoms with E-state index in [4.69, 9.17) is 16.3 Å². The van der Waals surface area contributed by atoms with Crippen LogP contribution in [0.2, 0.25) is 0 Å². The monoisotopic (exact) mass is 245 g/mol. The van der Waals surface area contributed by atoms with Gasteiger partial charge in [0.2, 0.25) is 0 Å².